The first-order valence-electron chi connectivity index (χ1n) is 12.1. The molecule has 0 N–H and O–H groups in total. The molecule has 1 aliphatic heterocycles. The van der Waals surface area contributed by atoms with Crippen molar-refractivity contribution in [2.24, 2.45) is 11.1 Å². The molecule has 2 aromatic rings. The van der Waals surface area contributed by atoms with Gasteiger partial charge in [-0.3, -0.25) is 4.79 Å². The van der Waals surface area contributed by atoms with E-state index in [0.29, 0.717) is 5.75 Å². The third-order valence-corrected chi connectivity index (χ3v) is 5.89. The second kappa shape index (κ2) is 14.8. The van der Waals surface area contributed by atoms with Gasteiger partial charge >= 0.3 is 5.97 Å². The number of hydrogen-bond donors (Lipinski definition) is 0. The average Bonchev–Trinajstić information content (AvgIpc) is 2.94. The summed E-state index contributed by atoms with van der Waals surface area (Å²) < 4.78 is 27.9. The zero-order valence-corrected chi connectivity index (χ0v) is 21.7. The van der Waals surface area contributed by atoms with E-state index in [-0.39, 0.29) is 43.2 Å². The molecule has 37 heavy (non-hydrogen) atoms. The van der Waals surface area contributed by atoms with Crippen LogP contribution >= 0.6 is 0 Å². The summed E-state index contributed by atoms with van der Waals surface area (Å²) in [5, 5.41) is 4.13. The Hall–Kier alpha value is -3.62. The number of nitrogens with zero attached hydrogens (tertiary/aromatic N) is 1. The van der Waals surface area contributed by atoms with Gasteiger partial charge in [-0.15, -0.1) is 0 Å². The van der Waals surface area contributed by atoms with Crippen LogP contribution in [0.3, 0.4) is 0 Å². The third kappa shape index (κ3) is 8.77. The smallest absolute Gasteiger partial charge is 0.309 e. The van der Waals surface area contributed by atoms with Crippen molar-refractivity contribution in [1.29, 1.82) is 0 Å². The van der Waals surface area contributed by atoms with Gasteiger partial charge in [-0.25, -0.2) is 0 Å². The van der Waals surface area contributed by atoms with Crippen LogP contribution < -0.4 is 9.47 Å². The van der Waals surface area contributed by atoms with Crippen molar-refractivity contribution in [3.8, 4) is 11.5 Å². The first-order valence-corrected chi connectivity index (χ1v) is 12.1. The van der Waals surface area contributed by atoms with Gasteiger partial charge in [0.2, 0.25) is 0 Å². The molecular weight excluding hydrogens is 474 g/mol. The van der Waals surface area contributed by atoms with Gasteiger partial charge < -0.3 is 28.5 Å². The van der Waals surface area contributed by atoms with Crippen LogP contribution in [-0.4, -0.2) is 58.4 Å². The molecule has 8 heteroatoms. The lowest BCUT2D eigenvalue weighted by Crippen LogP contribution is -2.39. The quantitative estimate of drug-likeness (QED) is 0.164. The lowest BCUT2D eigenvalue weighted by atomic mass is 10.0. The molecule has 0 aliphatic carbocycles. The van der Waals surface area contributed by atoms with E-state index in [0.717, 1.165) is 11.3 Å². The summed E-state index contributed by atoms with van der Waals surface area (Å²) in [6, 6.07) is 17.4. The highest BCUT2D eigenvalue weighted by atomic mass is 16.6. The number of ether oxygens (including phenoxy) is 5. The fraction of sp³-hybridized carbons (Fsp3) is 0.379. The van der Waals surface area contributed by atoms with E-state index in [1.807, 2.05) is 79.7 Å². The monoisotopic (exact) mass is 509 g/mol. The Morgan fingerprint density at radius 2 is 1.76 bits per heavy atom. The van der Waals surface area contributed by atoms with E-state index < -0.39 is 6.10 Å². The lowest BCUT2D eigenvalue weighted by Gasteiger charge is -2.32. The first-order chi connectivity index (χ1) is 18.0. The maximum Gasteiger partial charge on any atom is 0.309 e. The molecule has 2 aromatic carbocycles. The Morgan fingerprint density at radius 3 is 2.43 bits per heavy atom. The predicted octanol–water partition coefficient (Wildman–Crippen LogP) is 4.91. The van der Waals surface area contributed by atoms with Crippen LogP contribution in [0.15, 0.2) is 84.1 Å². The van der Waals surface area contributed by atoms with Crippen molar-refractivity contribution in [3.63, 3.8) is 0 Å². The van der Waals surface area contributed by atoms with Gasteiger partial charge in [0.05, 0.1) is 26.9 Å². The molecule has 0 amide bonds. The molecule has 0 saturated heterocycles. The summed E-state index contributed by atoms with van der Waals surface area (Å²) >= 11 is 0. The Balaban J connectivity index is 1.63. The van der Waals surface area contributed by atoms with E-state index in [9.17, 15) is 4.79 Å². The molecule has 198 valence electrons. The highest BCUT2D eigenvalue weighted by Crippen LogP contribution is 2.29. The SMILES string of the molecule is COC(=O)CC=C[C@@H](C)[C@@H](C=NOC[C@H]1O[C@H](c2ccccc2)C=C[C@@H]1Oc1ccc(OC)cc1)OC. The molecule has 0 bridgehead atoms. The number of rotatable bonds is 13. The summed E-state index contributed by atoms with van der Waals surface area (Å²) in [5.41, 5.74) is 1.04. The summed E-state index contributed by atoms with van der Waals surface area (Å²) in [7, 11) is 4.58. The Kier molecular flexibility index (Phi) is 11.2. The minimum absolute atomic E-state index is 0.0236. The summed E-state index contributed by atoms with van der Waals surface area (Å²) in [4.78, 5) is 16.9. The number of hydrogen-bond acceptors (Lipinski definition) is 8. The molecule has 1 heterocycles. The first kappa shape index (κ1) is 28.0. The largest absolute Gasteiger partial charge is 0.497 e. The van der Waals surface area contributed by atoms with Gasteiger partial charge in [-0.2, -0.15) is 0 Å². The van der Waals surface area contributed by atoms with Crippen molar-refractivity contribution in [1.82, 2.24) is 0 Å². The fourth-order valence-electron chi connectivity index (χ4n) is 3.74. The summed E-state index contributed by atoms with van der Waals surface area (Å²) in [6.07, 6.45) is 8.09. The molecule has 8 nitrogen and oxygen atoms in total. The molecule has 1 aliphatic rings. The molecular formula is C29H35NO7. The lowest BCUT2D eigenvalue weighted by molar-refractivity contribution is -0.139. The van der Waals surface area contributed by atoms with Crippen molar-refractivity contribution in [2.75, 3.05) is 27.9 Å². The molecule has 0 aromatic heterocycles. The molecule has 0 saturated carbocycles. The molecule has 5 atom stereocenters. The maximum absolute atomic E-state index is 11.3. The van der Waals surface area contributed by atoms with Crippen LogP contribution in [0.1, 0.15) is 25.0 Å². The van der Waals surface area contributed by atoms with E-state index in [2.05, 4.69) is 9.89 Å². The van der Waals surface area contributed by atoms with E-state index in [1.165, 1.54) is 7.11 Å². The van der Waals surface area contributed by atoms with Gasteiger partial charge in [-0.05, 0) is 35.9 Å². The Labute approximate surface area is 218 Å². The number of esters is 1. The van der Waals surface area contributed by atoms with Gasteiger partial charge in [0.1, 0.15) is 42.5 Å². The van der Waals surface area contributed by atoms with Crippen molar-refractivity contribution in [3.05, 3.63) is 84.5 Å². The van der Waals surface area contributed by atoms with E-state index >= 15 is 0 Å². The summed E-state index contributed by atoms with van der Waals surface area (Å²) in [6.45, 7) is 2.14. The predicted molar refractivity (Wildman–Crippen MR) is 141 cm³/mol. The molecule has 0 radical (unpaired) electrons. The molecule has 0 spiro atoms. The number of methoxy groups -OCH3 is 3. The van der Waals surface area contributed by atoms with Crippen LogP contribution in [0.5, 0.6) is 11.5 Å². The van der Waals surface area contributed by atoms with Crippen LogP contribution in [0.4, 0.5) is 0 Å². The standard InChI is InChI=1S/C29H35NO7/c1-21(9-8-12-29(31)34-4)27(33-3)19-30-35-20-28-26(36-24-15-13-23(32-2)14-16-24)18-17-25(37-28)22-10-6-5-7-11-22/h5-11,13-19,21,25-28H,12,20H2,1-4H3/t21-,25+,26+,27-,28-/m1/s1. The zero-order valence-electron chi connectivity index (χ0n) is 21.7. The number of benzene rings is 2. The van der Waals surface area contributed by atoms with Gasteiger partial charge in [-0.1, -0.05) is 60.6 Å². The average molecular weight is 510 g/mol. The van der Waals surface area contributed by atoms with Crippen LogP contribution in [0, 0.1) is 5.92 Å². The van der Waals surface area contributed by atoms with E-state index in [4.69, 9.17) is 23.8 Å². The van der Waals surface area contributed by atoms with Crippen LogP contribution in [0.25, 0.3) is 0 Å². The van der Waals surface area contributed by atoms with Crippen LogP contribution in [-0.2, 0) is 23.8 Å². The Bertz CT molecular complexity index is 1040. The van der Waals surface area contributed by atoms with Gasteiger partial charge in [0, 0.05) is 13.0 Å². The summed E-state index contributed by atoms with van der Waals surface area (Å²) in [5.74, 6) is 1.13. The third-order valence-electron chi connectivity index (χ3n) is 5.89. The van der Waals surface area contributed by atoms with Crippen molar-refractivity contribution >= 4 is 12.2 Å². The van der Waals surface area contributed by atoms with Crippen LogP contribution in [0.2, 0.25) is 0 Å². The second-order valence-corrected chi connectivity index (χ2v) is 8.47. The highest BCUT2D eigenvalue weighted by molar-refractivity contribution is 5.71. The fourth-order valence-corrected chi connectivity index (χ4v) is 3.74. The highest BCUT2D eigenvalue weighted by Gasteiger charge is 2.30. The molecule has 3 rings (SSSR count). The number of carbonyl (C=O) groups excluding carboxylic acids is 1. The number of oxime groups is 1. The second-order valence-electron chi connectivity index (χ2n) is 8.47. The van der Waals surface area contributed by atoms with Gasteiger partial charge in [0.15, 0.2) is 0 Å². The minimum atomic E-state index is -0.409. The maximum atomic E-state index is 11.3. The van der Waals surface area contributed by atoms with E-state index in [1.54, 1.807) is 26.5 Å². The normalized spacial score (nSPS) is 21.0. The van der Waals surface area contributed by atoms with Gasteiger partial charge in [0.25, 0.3) is 0 Å². The zero-order chi connectivity index (χ0) is 26.5. The topological polar surface area (TPSA) is 84.8 Å². The van der Waals surface area contributed by atoms with Crippen molar-refractivity contribution < 1.29 is 33.3 Å². The minimum Gasteiger partial charge on any atom is -0.497 e. The van der Waals surface area contributed by atoms with Crippen molar-refractivity contribution in [2.45, 2.75) is 37.8 Å². The Morgan fingerprint density at radius 1 is 1.03 bits per heavy atom. The number of carbonyl (C=O) groups is 1. The molecule has 0 fully saturated rings. The molecule has 0 unspecified atom stereocenters.